The quantitative estimate of drug-likeness (QED) is 0.524. The molecule has 1 rings (SSSR count). The van der Waals surface area contributed by atoms with Crippen molar-refractivity contribution in [3.8, 4) is 0 Å². The van der Waals surface area contributed by atoms with E-state index in [2.05, 4.69) is 20.8 Å². The van der Waals surface area contributed by atoms with Crippen LogP contribution in [-0.4, -0.2) is 7.85 Å². The molecule has 0 amide bonds. The average Bonchev–Trinajstić information content (AvgIpc) is 2.23. The minimum atomic E-state index is 0.0896. The molecule has 0 aromatic heterocycles. The van der Waals surface area contributed by atoms with Crippen molar-refractivity contribution in [3.05, 3.63) is 0 Å². The Morgan fingerprint density at radius 3 is 2.12 bits per heavy atom. The SMILES string of the molecule is [B]C1(C)CCCCCCCCC(C(C)C)CC1. The molecule has 1 aliphatic rings. The summed E-state index contributed by atoms with van der Waals surface area (Å²) in [6, 6.07) is 0. The molecule has 1 heteroatoms. The van der Waals surface area contributed by atoms with Crippen LogP contribution >= 0.6 is 0 Å². The first-order valence-electron chi connectivity index (χ1n) is 7.80. The van der Waals surface area contributed by atoms with Gasteiger partial charge in [0.25, 0.3) is 0 Å². The smallest absolute Gasteiger partial charge is 0.0688 e. The summed E-state index contributed by atoms with van der Waals surface area (Å²) < 4.78 is 0. The first-order valence-corrected chi connectivity index (χ1v) is 7.80. The first kappa shape index (κ1) is 15.1. The summed E-state index contributed by atoms with van der Waals surface area (Å²) in [5.41, 5.74) is 0. The number of rotatable bonds is 1. The van der Waals surface area contributed by atoms with Crippen molar-refractivity contribution in [1.82, 2.24) is 0 Å². The average molecular weight is 234 g/mol. The molecule has 0 aromatic carbocycles. The largest absolute Gasteiger partial charge is 0.0742 e. The Morgan fingerprint density at radius 2 is 1.47 bits per heavy atom. The molecule has 2 atom stereocenters. The second-order valence-electron chi connectivity index (χ2n) is 6.86. The van der Waals surface area contributed by atoms with Gasteiger partial charge in [0.1, 0.15) is 0 Å². The van der Waals surface area contributed by atoms with E-state index in [1.54, 1.807) is 0 Å². The van der Waals surface area contributed by atoms with E-state index < -0.39 is 0 Å². The lowest BCUT2D eigenvalue weighted by atomic mass is 9.63. The standard InChI is InChI=1S/C16H31B/c1-14(2)15-10-8-6-4-5-7-9-12-16(3,17)13-11-15/h14-15H,4-13H2,1-3H3. The summed E-state index contributed by atoms with van der Waals surface area (Å²) in [7, 11) is 6.42. The molecule has 0 N–H and O–H groups in total. The molecule has 1 saturated carbocycles. The van der Waals surface area contributed by atoms with Gasteiger partial charge in [0.2, 0.25) is 0 Å². The third-order valence-electron chi connectivity index (χ3n) is 4.60. The molecule has 0 bridgehead atoms. The van der Waals surface area contributed by atoms with E-state index in [1.165, 1.54) is 64.2 Å². The summed E-state index contributed by atoms with van der Waals surface area (Å²) in [6.45, 7) is 7.02. The van der Waals surface area contributed by atoms with Crippen LogP contribution in [0.4, 0.5) is 0 Å². The van der Waals surface area contributed by atoms with Gasteiger partial charge in [-0.15, -0.1) is 0 Å². The van der Waals surface area contributed by atoms with Crippen molar-refractivity contribution in [2.75, 3.05) is 0 Å². The zero-order valence-corrected chi connectivity index (χ0v) is 12.3. The highest BCUT2D eigenvalue weighted by molar-refractivity contribution is 6.14. The van der Waals surface area contributed by atoms with Gasteiger partial charge in [0, 0.05) is 0 Å². The second kappa shape index (κ2) is 7.49. The molecule has 0 heterocycles. The molecule has 0 aromatic rings. The zero-order chi connectivity index (χ0) is 12.7. The van der Waals surface area contributed by atoms with Crippen LogP contribution in [-0.2, 0) is 0 Å². The molecular formula is C16H31B. The Morgan fingerprint density at radius 1 is 0.882 bits per heavy atom. The van der Waals surface area contributed by atoms with E-state index in [0.717, 1.165) is 11.8 Å². The molecule has 98 valence electrons. The Labute approximate surface area is 110 Å². The summed E-state index contributed by atoms with van der Waals surface area (Å²) in [5.74, 6) is 1.73. The Bertz CT molecular complexity index is 196. The summed E-state index contributed by atoms with van der Waals surface area (Å²) in [6.07, 6.45) is 13.7. The van der Waals surface area contributed by atoms with Crippen molar-refractivity contribution in [1.29, 1.82) is 0 Å². The first-order chi connectivity index (χ1) is 8.01. The highest BCUT2D eigenvalue weighted by Gasteiger charge is 2.21. The monoisotopic (exact) mass is 234 g/mol. The van der Waals surface area contributed by atoms with Gasteiger partial charge in [-0.05, 0) is 11.8 Å². The van der Waals surface area contributed by atoms with Gasteiger partial charge in [-0.25, -0.2) is 0 Å². The van der Waals surface area contributed by atoms with Crippen molar-refractivity contribution in [3.63, 3.8) is 0 Å². The maximum atomic E-state index is 6.42. The topological polar surface area (TPSA) is 0 Å². The summed E-state index contributed by atoms with van der Waals surface area (Å²) >= 11 is 0. The third kappa shape index (κ3) is 6.53. The van der Waals surface area contributed by atoms with Crippen LogP contribution in [0.25, 0.3) is 0 Å². The van der Waals surface area contributed by atoms with Gasteiger partial charge < -0.3 is 0 Å². The van der Waals surface area contributed by atoms with Gasteiger partial charge in [0.05, 0.1) is 7.85 Å². The number of hydrogen-bond donors (Lipinski definition) is 0. The van der Waals surface area contributed by atoms with Gasteiger partial charge in [-0.3, -0.25) is 0 Å². The molecule has 1 aliphatic carbocycles. The lowest BCUT2D eigenvalue weighted by Gasteiger charge is -2.30. The molecule has 2 radical (unpaired) electrons. The number of hydrogen-bond acceptors (Lipinski definition) is 0. The fourth-order valence-corrected chi connectivity index (χ4v) is 3.09. The lowest BCUT2D eigenvalue weighted by Crippen LogP contribution is -2.15. The van der Waals surface area contributed by atoms with E-state index in [9.17, 15) is 0 Å². The van der Waals surface area contributed by atoms with Gasteiger partial charge in [-0.1, -0.05) is 90.3 Å². The predicted molar refractivity (Wildman–Crippen MR) is 78.6 cm³/mol. The van der Waals surface area contributed by atoms with Crippen LogP contribution in [0.2, 0.25) is 5.31 Å². The van der Waals surface area contributed by atoms with E-state index in [4.69, 9.17) is 7.85 Å². The van der Waals surface area contributed by atoms with Crippen molar-refractivity contribution in [2.24, 2.45) is 11.8 Å². The molecule has 0 aliphatic heterocycles. The van der Waals surface area contributed by atoms with Gasteiger partial charge in [-0.2, -0.15) is 0 Å². The van der Waals surface area contributed by atoms with Crippen LogP contribution in [0, 0.1) is 11.8 Å². The predicted octanol–water partition coefficient (Wildman–Crippen LogP) is 5.52. The van der Waals surface area contributed by atoms with E-state index in [-0.39, 0.29) is 5.31 Å². The highest BCUT2D eigenvalue weighted by atomic mass is 14.2. The van der Waals surface area contributed by atoms with Crippen molar-refractivity contribution in [2.45, 2.75) is 90.3 Å². The maximum Gasteiger partial charge on any atom is 0.0742 e. The minimum absolute atomic E-state index is 0.0896. The molecule has 1 fully saturated rings. The molecule has 0 saturated heterocycles. The van der Waals surface area contributed by atoms with E-state index in [0.29, 0.717) is 0 Å². The molecule has 2 unspecified atom stereocenters. The van der Waals surface area contributed by atoms with E-state index >= 15 is 0 Å². The lowest BCUT2D eigenvalue weighted by molar-refractivity contribution is 0.293. The zero-order valence-electron chi connectivity index (χ0n) is 12.3. The van der Waals surface area contributed by atoms with E-state index in [1.807, 2.05) is 0 Å². The van der Waals surface area contributed by atoms with Crippen LogP contribution in [0.15, 0.2) is 0 Å². The molecule has 0 spiro atoms. The fraction of sp³-hybridized carbons (Fsp3) is 1.00. The maximum absolute atomic E-state index is 6.42. The Kier molecular flexibility index (Phi) is 6.66. The molecule has 0 nitrogen and oxygen atoms in total. The Balaban J connectivity index is 2.48. The summed E-state index contributed by atoms with van der Waals surface area (Å²) in [4.78, 5) is 0. The highest BCUT2D eigenvalue weighted by Crippen LogP contribution is 2.38. The van der Waals surface area contributed by atoms with Gasteiger partial charge >= 0.3 is 0 Å². The third-order valence-corrected chi connectivity index (χ3v) is 4.60. The van der Waals surface area contributed by atoms with Gasteiger partial charge in [0.15, 0.2) is 0 Å². The van der Waals surface area contributed by atoms with Crippen LogP contribution < -0.4 is 0 Å². The Hall–Kier alpha value is 0.0649. The minimum Gasteiger partial charge on any atom is -0.0688 e. The van der Waals surface area contributed by atoms with Crippen LogP contribution in [0.1, 0.15) is 85.0 Å². The molecular weight excluding hydrogens is 203 g/mol. The van der Waals surface area contributed by atoms with Crippen molar-refractivity contribution >= 4 is 7.85 Å². The van der Waals surface area contributed by atoms with Crippen molar-refractivity contribution < 1.29 is 0 Å². The molecule has 17 heavy (non-hydrogen) atoms. The summed E-state index contributed by atoms with van der Waals surface area (Å²) in [5, 5.41) is 0.0896. The van der Waals surface area contributed by atoms with Crippen LogP contribution in [0.5, 0.6) is 0 Å². The fourth-order valence-electron chi connectivity index (χ4n) is 3.09. The second-order valence-corrected chi connectivity index (χ2v) is 6.86. The normalized spacial score (nSPS) is 34.0. The van der Waals surface area contributed by atoms with Crippen LogP contribution in [0.3, 0.4) is 0 Å².